The van der Waals surface area contributed by atoms with E-state index in [1.165, 1.54) is 27.8 Å². The van der Waals surface area contributed by atoms with Crippen LogP contribution in [-0.2, 0) is 11.3 Å². The fraction of sp³-hybridized carbons (Fsp3) is 0.310. The maximum atomic E-state index is 13.1. The van der Waals surface area contributed by atoms with Gasteiger partial charge in [-0.3, -0.25) is 4.79 Å². The molecule has 5 rings (SSSR count). The standard InChI is InChI=1S/C29H31N3O2/c1-18-14-19(2)21(4)23(20(18)3)17-32-25-11-7-6-10-24(25)30-29(32)22-15-28(33)31(16-22)26-12-8-9-13-27(26)34-5/h6-14,22H,15-17H2,1-5H3. The van der Waals surface area contributed by atoms with Crippen molar-refractivity contribution < 1.29 is 9.53 Å². The second kappa shape index (κ2) is 8.64. The molecule has 0 saturated carbocycles. The summed E-state index contributed by atoms with van der Waals surface area (Å²) in [4.78, 5) is 20.0. The molecule has 2 heterocycles. The maximum absolute atomic E-state index is 13.1. The second-order valence-corrected chi connectivity index (χ2v) is 9.36. The molecule has 0 bridgehead atoms. The van der Waals surface area contributed by atoms with Crippen LogP contribution < -0.4 is 9.64 Å². The number of carbonyl (C=O) groups excluding carboxylic acids is 1. The summed E-state index contributed by atoms with van der Waals surface area (Å²) in [7, 11) is 1.64. The highest BCUT2D eigenvalue weighted by Crippen LogP contribution is 2.37. The summed E-state index contributed by atoms with van der Waals surface area (Å²) in [6.07, 6.45) is 0.437. The normalized spacial score (nSPS) is 16.0. The Morgan fingerprint density at radius 1 is 0.971 bits per heavy atom. The minimum atomic E-state index is 0.0105. The molecule has 1 atom stereocenters. The highest BCUT2D eigenvalue weighted by Gasteiger charge is 2.36. The van der Waals surface area contributed by atoms with Gasteiger partial charge in [0.1, 0.15) is 11.6 Å². The number of imidazole rings is 1. The van der Waals surface area contributed by atoms with Gasteiger partial charge in [0.25, 0.3) is 0 Å². The van der Waals surface area contributed by atoms with Crippen molar-refractivity contribution in [3.8, 4) is 5.75 Å². The molecule has 34 heavy (non-hydrogen) atoms. The third-order valence-corrected chi connectivity index (χ3v) is 7.39. The first-order valence-electron chi connectivity index (χ1n) is 11.8. The lowest BCUT2D eigenvalue weighted by Gasteiger charge is -2.21. The number of para-hydroxylation sites is 4. The van der Waals surface area contributed by atoms with Crippen LogP contribution >= 0.6 is 0 Å². The Morgan fingerprint density at radius 2 is 1.65 bits per heavy atom. The first kappa shape index (κ1) is 22.2. The molecule has 0 aliphatic carbocycles. The number of nitrogens with zero attached hydrogens (tertiary/aromatic N) is 3. The van der Waals surface area contributed by atoms with Crippen molar-refractivity contribution in [1.82, 2.24) is 9.55 Å². The molecule has 0 radical (unpaired) electrons. The smallest absolute Gasteiger partial charge is 0.227 e. The molecular weight excluding hydrogens is 422 g/mol. The molecule has 1 unspecified atom stereocenters. The molecular formula is C29H31N3O2. The number of methoxy groups -OCH3 is 1. The summed E-state index contributed by atoms with van der Waals surface area (Å²) in [5, 5.41) is 0. The topological polar surface area (TPSA) is 47.4 Å². The van der Waals surface area contributed by atoms with Gasteiger partial charge in [-0.25, -0.2) is 4.98 Å². The van der Waals surface area contributed by atoms with Crippen LogP contribution in [0.1, 0.15) is 46.0 Å². The van der Waals surface area contributed by atoms with Crippen molar-refractivity contribution in [1.29, 1.82) is 0 Å². The van der Waals surface area contributed by atoms with E-state index < -0.39 is 0 Å². The van der Waals surface area contributed by atoms with Crippen molar-refractivity contribution >= 4 is 22.6 Å². The lowest BCUT2D eigenvalue weighted by atomic mass is 9.94. The number of hydrogen-bond acceptors (Lipinski definition) is 3. The van der Waals surface area contributed by atoms with Gasteiger partial charge in [-0.05, 0) is 79.8 Å². The number of fused-ring (bicyclic) bond motifs is 1. The molecule has 0 N–H and O–H groups in total. The van der Waals surface area contributed by atoms with Crippen LogP contribution in [0, 0.1) is 27.7 Å². The van der Waals surface area contributed by atoms with Crippen LogP contribution in [0.15, 0.2) is 54.6 Å². The van der Waals surface area contributed by atoms with Gasteiger partial charge in [-0.2, -0.15) is 0 Å². The van der Waals surface area contributed by atoms with Crippen molar-refractivity contribution in [3.05, 3.63) is 88.2 Å². The highest BCUT2D eigenvalue weighted by atomic mass is 16.5. The van der Waals surface area contributed by atoms with Gasteiger partial charge < -0.3 is 14.2 Å². The summed E-state index contributed by atoms with van der Waals surface area (Å²) in [5.74, 6) is 1.81. The van der Waals surface area contributed by atoms with Crippen molar-refractivity contribution in [2.75, 3.05) is 18.6 Å². The summed E-state index contributed by atoms with van der Waals surface area (Å²) in [5.41, 5.74) is 9.51. The number of hydrogen-bond donors (Lipinski definition) is 0. The first-order valence-corrected chi connectivity index (χ1v) is 11.8. The van der Waals surface area contributed by atoms with E-state index in [4.69, 9.17) is 9.72 Å². The highest BCUT2D eigenvalue weighted by molar-refractivity contribution is 5.97. The maximum Gasteiger partial charge on any atom is 0.227 e. The summed E-state index contributed by atoms with van der Waals surface area (Å²) >= 11 is 0. The van der Waals surface area contributed by atoms with Crippen molar-refractivity contribution in [2.24, 2.45) is 0 Å². The Labute approximate surface area is 201 Å². The Bertz CT molecular complexity index is 1380. The van der Waals surface area contributed by atoms with Gasteiger partial charge in [-0.15, -0.1) is 0 Å². The van der Waals surface area contributed by atoms with Crippen LogP contribution in [-0.4, -0.2) is 29.1 Å². The van der Waals surface area contributed by atoms with E-state index in [2.05, 4.69) is 56.5 Å². The summed E-state index contributed by atoms with van der Waals surface area (Å²) < 4.78 is 7.86. The van der Waals surface area contributed by atoms with Crippen LogP contribution in [0.5, 0.6) is 5.75 Å². The largest absolute Gasteiger partial charge is 0.495 e. The minimum Gasteiger partial charge on any atom is -0.495 e. The van der Waals surface area contributed by atoms with E-state index in [9.17, 15) is 4.79 Å². The molecule has 5 nitrogen and oxygen atoms in total. The number of anilines is 1. The van der Waals surface area contributed by atoms with Gasteiger partial charge in [-0.1, -0.05) is 30.3 Å². The lowest BCUT2D eigenvalue weighted by molar-refractivity contribution is -0.117. The van der Waals surface area contributed by atoms with Gasteiger partial charge in [0.2, 0.25) is 5.91 Å². The summed E-state index contributed by atoms with van der Waals surface area (Å²) in [6.45, 7) is 10.1. The minimum absolute atomic E-state index is 0.0105. The molecule has 174 valence electrons. The zero-order valence-electron chi connectivity index (χ0n) is 20.6. The van der Waals surface area contributed by atoms with Gasteiger partial charge >= 0.3 is 0 Å². The summed E-state index contributed by atoms with van der Waals surface area (Å²) in [6, 6.07) is 18.3. The average Bonchev–Trinajstić information content (AvgIpc) is 3.40. The monoisotopic (exact) mass is 453 g/mol. The number of rotatable bonds is 5. The molecule has 3 aromatic carbocycles. The third-order valence-electron chi connectivity index (χ3n) is 7.39. The van der Waals surface area contributed by atoms with E-state index >= 15 is 0 Å². The molecule has 0 spiro atoms. The molecule has 1 fully saturated rings. The van der Waals surface area contributed by atoms with E-state index in [1.807, 2.05) is 35.2 Å². The number of ether oxygens (including phenoxy) is 1. The fourth-order valence-corrected chi connectivity index (χ4v) is 5.23. The van der Waals surface area contributed by atoms with Crippen molar-refractivity contribution in [3.63, 3.8) is 0 Å². The predicted octanol–water partition coefficient (Wildman–Crippen LogP) is 5.85. The molecule has 1 saturated heterocycles. The van der Waals surface area contributed by atoms with Crippen LogP contribution in [0.4, 0.5) is 5.69 Å². The van der Waals surface area contributed by atoms with Crippen LogP contribution in [0.2, 0.25) is 0 Å². The number of benzene rings is 3. The number of aryl methyl sites for hydroxylation is 2. The average molecular weight is 454 g/mol. The first-order chi connectivity index (χ1) is 16.4. The quantitative estimate of drug-likeness (QED) is 0.381. The number of amides is 1. The predicted molar refractivity (Wildman–Crippen MR) is 137 cm³/mol. The zero-order valence-corrected chi connectivity index (χ0v) is 20.6. The zero-order chi connectivity index (χ0) is 24.0. The number of aromatic nitrogens is 2. The lowest BCUT2D eigenvalue weighted by Crippen LogP contribution is -2.25. The van der Waals surface area contributed by atoms with Crippen LogP contribution in [0.3, 0.4) is 0 Å². The van der Waals surface area contributed by atoms with Gasteiger partial charge in [0.15, 0.2) is 0 Å². The Kier molecular flexibility index (Phi) is 5.64. The molecule has 4 aromatic rings. The van der Waals surface area contributed by atoms with E-state index in [0.29, 0.717) is 18.7 Å². The Hall–Kier alpha value is -3.60. The fourth-order valence-electron chi connectivity index (χ4n) is 5.23. The van der Waals surface area contributed by atoms with E-state index in [1.54, 1.807) is 7.11 Å². The molecule has 1 aliphatic heterocycles. The van der Waals surface area contributed by atoms with E-state index in [-0.39, 0.29) is 11.8 Å². The van der Waals surface area contributed by atoms with Gasteiger partial charge in [0, 0.05) is 25.4 Å². The van der Waals surface area contributed by atoms with Crippen molar-refractivity contribution in [2.45, 2.75) is 46.6 Å². The van der Waals surface area contributed by atoms with Crippen LogP contribution in [0.25, 0.3) is 11.0 Å². The molecule has 1 amide bonds. The molecule has 1 aromatic heterocycles. The molecule has 1 aliphatic rings. The Morgan fingerprint density at radius 3 is 2.38 bits per heavy atom. The second-order valence-electron chi connectivity index (χ2n) is 9.36. The Balaban J connectivity index is 1.59. The number of carbonyl (C=O) groups is 1. The van der Waals surface area contributed by atoms with Gasteiger partial charge in [0.05, 0.1) is 23.8 Å². The third kappa shape index (κ3) is 3.65. The van der Waals surface area contributed by atoms with E-state index in [0.717, 1.165) is 29.1 Å². The SMILES string of the molecule is COc1ccccc1N1CC(c2nc3ccccc3n2Cc2c(C)c(C)cc(C)c2C)CC1=O. The molecule has 5 heteroatoms.